The van der Waals surface area contributed by atoms with E-state index in [2.05, 4.69) is 0 Å². The number of carbonyl (C=O) groups is 2. The van der Waals surface area contributed by atoms with Crippen molar-refractivity contribution in [3.05, 3.63) is 0 Å². The molecule has 1 amide bonds. The SMILES string of the molecule is CC1CN(C(=O)C(F)(F)C(F)(F)F)CCC1C(=O)O. The van der Waals surface area contributed by atoms with Gasteiger partial charge in [0.2, 0.25) is 0 Å². The fourth-order valence-electron chi connectivity index (χ4n) is 2.02. The van der Waals surface area contributed by atoms with E-state index < -0.39 is 48.9 Å². The van der Waals surface area contributed by atoms with Crippen LogP contribution in [-0.4, -0.2) is 47.1 Å². The van der Waals surface area contributed by atoms with Gasteiger partial charge in [0, 0.05) is 13.1 Å². The lowest BCUT2D eigenvalue weighted by molar-refractivity contribution is -0.275. The highest BCUT2D eigenvalue weighted by Crippen LogP contribution is 2.38. The summed E-state index contributed by atoms with van der Waals surface area (Å²) in [6, 6.07) is 0. The Morgan fingerprint density at radius 1 is 1.21 bits per heavy atom. The zero-order chi connectivity index (χ0) is 15.0. The van der Waals surface area contributed by atoms with E-state index in [1.54, 1.807) is 0 Å². The average molecular weight is 289 g/mol. The van der Waals surface area contributed by atoms with E-state index in [1.807, 2.05) is 0 Å². The summed E-state index contributed by atoms with van der Waals surface area (Å²) in [6.07, 6.45) is -6.09. The van der Waals surface area contributed by atoms with Crippen LogP contribution in [0.25, 0.3) is 0 Å². The highest BCUT2D eigenvalue weighted by Gasteiger charge is 2.64. The molecule has 0 bridgehead atoms. The van der Waals surface area contributed by atoms with E-state index in [0.29, 0.717) is 4.90 Å². The fraction of sp³-hybridized carbons (Fsp3) is 0.800. The van der Waals surface area contributed by atoms with Crippen molar-refractivity contribution in [1.82, 2.24) is 4.90 Å². The smallest absolute Gasteiger partial charge is 0.463 e. The van der Waals surface area contributed by atoms with Crippen LogP contribution in [0.15, 0.2) is 0 Å². The summed E-state index contributed by atoms with van der Waals surface area (Å²) in [4.78, 5) is 22.3. The summed E-state index contributed by atoms with van der Waals surface area (Å²) in [5.74, 6) is -10.4. The molecule has 19 heavy (non-hydrogen) atoms. The molecule has 0 aromatic rings. The highest BCUT2D eigenvalue weighted by molar-refractivity contribution is 5.84. The van der Waals surface area contributed by atoms with Crippen molar-refractivity contribution in [2.75, 3.05) is 13.1 Å². The maximum atomic E-state index is 12.9. The van der Waals surface area contributed by atoms with Crippen LogP contribution in [0.5, 0.6) is 0 Å². The summed E-state index contributed by atoms with van der Waals surface area (Å²) in [6.45, 7) is 0.539. The summed E-state index contributed by atoms with van der Waals surface area (Å²) in [5.41, 5.74) is 0. The summed E-state index contributed by atoms with van der Waals surface area (Å²) in [5, 5.41) is 8.79. The van der Waals surface area contributed by atoms with Crippen LogP contribution >= 0.6 is 0 Å². The van der Waals surface area contributed by atoms with Crippen LogP contribution in [0.2, 0.25) is 0 Å². The van der Waals surface area contributed by atoms with Gasteiger partial charge in [0.15, 0.2) is 0 Å². The number of hydrogen-bond donors (Lipinski definition) is 1. The van der Waals surface area contributed by atoms with Crippen molar-refractivity contribution < 1.29 is 36.6 Å². The van der Waals surface area contributed by atoms with E-state index in [1.165, 1.54) is 6.92 Å². The fourth-order valence-corrected chi connectivity index (χ4v) is 2.02. The quantitative estimate of drug-likeness (QED) is 0.788. The molecular formula is C10H12F5NO3. The van der Waals surface area contributed by atoms with Crippen molar-refractivity contribution in [2.24, 2.45) is 11.8 Å². The molecule has 0 aliphatic carbocycles. The zero-order valence-corrected chi connectivity index (χ0v) is 9.88. The topological polar surface area (TPSA) is 57.6 Å². The van der Waals surface area contributed by atoms with Gasteiger partial charge in [0.25, 0.3) is 0 Å². The van der Waals surface area contributed by atoms with Gasteiger partial charge in [0.1, 0.15) is 0 Å². The molecule has 0 aromatic carbocycles. The van der Waals surface area contributed by atoms with E-state index in [9.17, 15) is 31.5 Å². The number of amides is 1. The first-order valence-electron chi connectivity index (χ1n) is 5.45. The lowest BCUT2D eigenvalue weighted by Gasteiger charge is -2.36. The number of carboxylic acid groups (broad SMARTS) is 1. The molecule has 0 spiro atoms. The van der Waals surface area contributed by atoms with Gasteiger partial charge in [-0.3, -0.25) is 9.59 Å². The number of aliphatic carboxylic acids is 1. The normalized spacial score (nSPS) is 25.3. The Balaban J connectivity index is 2.80. The largest absolute Gasteiger partial charge is 0.481 e. The second-order valence-electron chi connectivity index (χ2n) is 4.53. The minimum Gasteiger partial charge on any atom is -0.481 e. The van der Waals surface area contributed by atoms with Gasteiger partial charge in [-0.15, -0.1) is 0 Å². The van der Waals surface area contributed by atoms with E-state index in [-0.39, 0.29) is 6.42 Å². The van der Waals surface area contributed by atoms with Gasteiger partial charge < -0.3 is 10.0 Å². The van der Waals surface area contributed by atoms with Gasteiger partial charge in [-0.2, -0.15) is 22.0 Å². The first kappa shape index (κ1) is 15.6. The Morgan fingerprint density at radius 3 is 2.11 bits per heavy atom. The van der Waals surface area contributed by atoms with Crippen molar-refractivity contribution >= 4 is 11.9 Å². The number of carboxylic acids is 1. The molecular weight excluding hydrogens is 277 g/mol. The Morgan fingerprint density at radius 2 is 1.74 bits per heavy atom. The average Bonchev–Trinajstić information content (AvgIpc) is 2.25. The minimum absolute atomic E-state index is 0.143. The first-order chi connectivity index (χ1) is 8.48. The lowest BCUT2D eigenvalue weighted by Crippen LogP contribution is -2.55. The van der Waals surface area contributed by atoms with Crippen molar-refractivity contribution in [3.63, 3.8) is 0 Å². The molecule has 0 saturated carbocycles. The molecule has 4 nitrogen and oxygen atoms in total. The Hall–Kier alpha value is -1.41. The molecule has 1 N–H and O–H groups in total. The maximum Gasteiger partial charge on any atom is 0.463 e. The third-order valence-corrected chi connectivity index (χ3v) is 3.13. The zero-order valence-electron chi connectivity index (χ0n) is 9.88. The number of hydrogen-bond acceptors (Lipinski definition) is 2. The third kappa shape index (κ3) is 2.95. The Bertz CT molecular complexity index is 382. The molecule has 2 unspecified atom stereocenters. The molecule has 110 valence electrons. The molecule has 1 saturated heterocycles. The van der Waals surface area contributed by atoms with Gasteiger partial charge in [-0.25, -0.2) is 0 Å². The van der Waals surface area contributed by atoms with Crippen LogP contribution in [-0.2, 0) is 9.59 Å². The van der Waals surface area contributed by atoms with Crippen LogP contribution in [0.1, 0.15) is 13.3 Å². The number of alkyl halides is 5. The van der Waals surface area contributed by atoms with Gasteiger partial charge in [-0.05, 0) is 12.3 Å². The van der Waals surface area contributed by atoms with Crippen LogP contribution < -0.4 is 0 Å². The van der Waals surface area contributed by atoms with Crippen LogP contribution in [0.3, 0.4) is 0 Å². The standard InChI is InChI=1S/C10H12F5NO3/c1-5-4-16(3-2-6(5)7(17)18)8(19)9(11,12)10(13,14)15/h5-6H,2-4H2,1H3,(H,17,18). The molecule has 2 atom stereocenters. The Kier molecular flexibility index (Phi) is 4.06. The summed E-state index contributed by atoms with van der Waals surface area (Å²) < 4.78 is 61.9. The number of nitrogens with zero attached hydrogens (tertiary/aromatic N) is 1. The van der Waals surface area contributed by atoms with Gasteiger partial charge in [0.05, 0.1) is 5.92 Å². The number of piperidine rings is 1. The van der Waals surface area contributed by atoms with Crippen LogP contribution in [0, 0.1) is 11.8 Å². The number of halogens is 5. The molecule has 1 rings (SSSR count). The van der Waals surface area contributed by atoms with Crippen LogP contribution in [0.4, 0.5) is 22.0 Å². The maximum absolute atomic E-state index is 12.9. The Labute approximate surface area is 105 Å². The number of rotatable bonds is 2. The van der Waals surface area contributed by atoms with Crippen molar-refractivity contribution in [3.8, 4) is 0 Å². The van der Waals surface area contributed by atoms with E-state index in [0.717, 1.165) is 0 Å². The van der Waals surface area contributed by atoms with Crippen molar-refractivity contribution in [1.29, 1.82) is 0 Å². The number of likely N-dealkylation sites (tertiary alicyclic amines) is 1. The molecule has 0 radical (unpaired) electrons. The second kappa shape index (κ2) is 4.93. The van der Waals surface area contributed by atoms with E-state index >= 15 is 0 Å². The minimum atomic E-state index is -5.95. The van der Waals surface area contributed by atoms with Crippen molar-refractivity contribution in [2.45, 2.75) is 25.4 Å². The molecule has 1 heterocycles. The first-order valence-corrected chi connectivity index (χ1v) is 5.45. The predicted molar refractivity (Wildman–Crippen MR) is 52.5 cm³/mol. The second-order valence-corrected chi connectivity index (χ2v) is 4.53. The summed E-state index contributed by atoms with van der Waals surface area (Å²) >= 11 is 0. The summed E-state index contributed by atoms with van der Waals surface area (Å²) in [7, 11) is 0. The highest BCUT2D eigenvalue weighted by atomic mass is 19.4. The van der Waals surface area contributed by atoms with E-state index in [4.69, 9.17) is 5.11 Å². The molecule has 1 aliphatic rings. The molecule has 1 fully saturated rings. The van der Waals surface area contributed by atoms with Gasteiger partial charge in [-0.1, -0.05) is 6.92 Å². The monoisotopic (exact) mass is 289 g/mol. The predicted octanol–water partition coefficient (Wildman–Crippen LogP) is 1.75. The molecule has 9 heteroatoms. The molecule has 1 aliphatic heterocycles. The third-order valence-electron chi connectivity index (χ3n) is 3.13. The number of carbonyl (C=O) groups excluding carboxylic acids is 1. The van der Waals surface area contributed by atoms with Gasteiger partial charge >= 0.3 is 24.0 Å². The lowest BCUT2D eigenvalue weighted by atomic mass is 9.87. The molecule has 0 aromatic heterocycles.